The topological polar surface area (TPSA) is 24.5 Å². The lowest BCUT2D eigenvalue weighted by atomic mass is 10.1. The van der Waals surface area contributed by atoms with E-state index in [0.717, 1.165) is 25.4 Å². The van der Waals surface area contributed by atoms with Crippen molar-refractivity contribution in [1.82, 2.24) is 10.2 Å². The van der Waals surface area contributed by atoms with E-state index in [9.17, 15) is 0 Å². The van der Waals surface area contributed by atoms with E-state index in [2.05, 4.69) is 49.2 Å². The highest BCUT2D eigenvalue weighted by atomic mass is 16.5. The van der Waals surface area contributed by atoms with E-state index in [1.54, 1.807) is 0 Å². The molecule has 3 nitrogen and oxygen atoms in total. The van der Waals surface area contributed by atoms with Gasteiger partial charge in [-0.15, -0.1) is 0 Å². The van der Waals surface area contributed by atoms with Gasteiger partial charge in [-0.2, -0.15) is 0 Å². The molecule has 0 saturated carbocycles. The fourth-order valence-corrected chi connectivity index (χ4v) is 2.83. The van der Waals surface area contributed by atoms with Crippen LogP contribution in [0.1, 0.15) is 44.2 Å². The van der Waals surface area contributed by atoms with Crippen molar-refractivity contribution in [3.05, 3.63) is 29.3 Å². The van der Waals surface area contributed by atoms with Crippen LogP contribution in [-0.4, -0.2) is 37.2 Å². The highest BCUT2D eigenvalue weighted by Crippen LogP contribution is 2.23. The van der Waals surface area contributed by atoms with Crippen molar-refractivity contribution in [2.24, 2.45) is 0 Å². The number of rotatable bonds is 7. The second kappa shape index (κ2) is 8.40. The van der Waals surface area contributed by atoms with Crippen LogP contribution < -0.4 is 10.1 Å². The van der Waals surface area contributed by atoms with Gasteiger partial charge in [0.05, 0.1) is 0 Å². The smallest absolute Gasteiger partial charge is 0.126 e. The first-order valence-corrected chi connectivity index (χ1v) is 8.34. The first-order valence-electron chi connectivity index (χ1n) is 8.34. The second-order valence-corrected chi connectivity index (χ2v) is 6.35. The van der Waals surface area contributed by atoms with Crippen LogP contribution in [0.5, 0.6) is 5.75 Å². The van der Waals surface area contributed by atoms with Crippen LogP contribution in [0.2, 0.25) is 0 Å². The zero-order valence-electron chi connectivity index (χ0n) is 13.8. The van der Waals surface area contributed by atoms with Gasteiger partial charge in [-0.05, 0) is 38.4 Å². The first-order chi connectivity index (χ1) is 10.2. The number of piperidine rings is 1. The van der Waals surface area contributed by atoms with Gasteiger partial charge in [0.15, 0.2) is 0 Å². The maximum Gasteiger partial charge on any atom is 0.126 e. The van der Waals surface area contributed by atoms with Crippen LogP contribution in [0.4, 0.5) is 0 Å². The van der Waals surface area contributed by atoms with Crippen molar-refractivity contribution in [1.29, 1.82) is 0 Å². The molecule has 0 aliphatic carbocycles. The molecule has 118 valence electrons. The molecule has 1 aromatic carbocycles. The SMILES string of the molecule is Cc1cccc(CNC(C)C)c1OCCN1CCCCC1. The number of nitrogens with zero attached hydrogens (tertiary/aromatic N) is 1. The van der Waals surface area contributed by atoms with Crippen molar-refractivity contribution in [2.75, 3.05) is 26.2 Å². The molecular formula is C18H30N2O. The monoisotopic (exact) mass is 290 g/mol. The average Bonchev–Trinajstić information content (AvgIpc) is 2.48. The Balaban J connectivity index is 1.88. The highest BCUT2D eigenvalue weighted by Gasteiger charge is 2.11. The van der Waals surface area contributed by atoms with Crippen molar-refractivity contribution in [3.63, 3.8) is 0 Å². The maximum atomic E-state index is 6.12. The molecule has 1 aliphatic heterocycles. The summed E-state index contributed by atoms with van der Waals surface area (Å²) >= 11 is 0. The van der Waals surface area contributed by atoms with Gasteiger partial charge in [0, 0.05) is 24.7 Å². The minimum atomic E-state index is 0.492. The third-order valence-electron chi connectivity index (χ3n) is 4.10. The van der Waals surface area contributed by atoms with Crippen LogP contribution in [0.25, 0.3) is 0 Å². The Morgan fingerprint density at radius 2 is 1.95 bits per heavy atom. The quantitative estimate of drug-likeness (QED) is 0.833. The standard InChI is InChI=1S/C18H30N2O/c1-15(2)19-14-17-9-7-8-16(3)18(17)21-13-12-20-10-5-4-6-11-20/h7-9,15,19H,4-6,10-14H2,1-3H3. The van der Waals surface area contributed by atoms with Crippen LogP contribution in [0.15, 0.2) is 18.2 Å². The minimum absolute atomic E-state index is 0.492. The van der Waals surface area contributed by atoms with Gasteiger partial charge < -0.3 is 10.1 Å². The van der Waals surface area contributed by atoms with Gasteiger partial charge >= 0.3 is 0 Å². The van der Waals surface area contributed by atoms with E-state index in [1.165, 1.54) is 43.5 Å². The van der Waals surface area contributed by atoms with Crippen molar-refractivity contribution >= 4 is 0 Å². The first kappa shape index (κ1) is 16.3. The third-order valence-corrected chi connectivity index (χ3v) is 4.10. The summed E-state index contributed by atoms with van der Waals surface area (Å²) in [6.45, 7) is 11.7. The summed E-state index contributed by atoms with van der Waals surface area (Å²) in [5, 5.41) is 3.48. The molecular weight excluding hydrogens is 260 g/mol. The van der Waals surface area contributed by atoms with E-state index in [-0.39, 0.29) is 0 Å². The summed E-state index contributed by atoms with van der Waals surface area (Å²) in [5.41, 5.74) is 2.50. The number of nitrogens with one attached hydrogen (secondary N) is 1. The molecule has 1 aromatic rings. The summed E-state index contributed by atoms with van der Waals surface area (Å²) in [6, 6.07) is 6.91. The van der Waals surface area contributed by atoms with Gasteiger partial charge in [0.2, 0.25) is 0 Å². The fraction of sp³-hybridized carbons (Fsp3) is 0.667. The Kier molecular flexibility index (Phi) is 6.52. The zero-order chi connectivity index (χ0) is 15.1. The lowest BCUT2D eigenvalue weighted by Crippen LogP contribution is -2.33. The molecule has 1 N–H and O–H groups in total. The van der Waals surface area contributed by atoms with Gasteiger partial charge in [-0.1, -0.05) is 38.5 Å². The molecule has 1 saturated heterocycles. The predicted octanol–water partition coefficient (Wildman–Crippen LogP) is 3.36. The number of aryl methyl sites for hydroxylation is 1. The zero-order valence-corrected chi connectivity index (χ0v) is 13.8. The summed E-state index contributed by atoms with van der Waals surface area (Å²) in [7, 11) is 0. The molecule has 2 rings (SSSR count). The Bertz CT molecular complexity index is 425. The fourth-order valence-electron chi connectivity index (χ4n) is 2.83. The molecule has 0 spiro atoms. The number of ether oxygens (including phenoxy) is 1. The van der Waals surface area contributed by atoms with E-state index < -0.39 is 0 Å². The molecule has 1 heterocycles. The normalized spacial score (nSPS) is 16.4. The number of benzene rings is 1. The van der Waals surface area contributed by atoms with Crippen LogP contribution in [0.3, 0.4) is 0 Å². The van der Waals surface area contributed by atoms with Crippen molar-refractivity contribution in [2.45, 2.75) is 52.6 Å². The van der Waals surface area contributed by atoms with Gasteiger partial charge in [0.1, 0.15) is 12.4 Å². The average molecular weight is 290 g/mol. The van der Waals surface area contributed by atoms with E-state index in [4.69, 9.17) is 4.74 Å². The number of hydrogen-bond acceptors (Lipinski definition) is 3. The Labute approximate surface area is 129 Å². The number of hydrogen-bond donors (Lipinski definition) is 1. The predicted molar refractivity (Wildman–Crippen MR) is 88.9 cm³/mol. The largest absolute Gasteiger partial charge is 0.492 e. The summed E-state index contributed by atoms with van der Waals surface area (Å²) in [5.74, 6) is 1.07. The molecule has 0 atom stereocenters. The Morgan fingerprint density at radius 1 is 1.19 bits per heavy atom. The van der Waals surface area contributed by atoms with Crippen molar-refractivity contribution < 1.29 is 4.74 Å². The summed E-state index contributed by atoms with van der Waals surface area (Å²) in [6.07, 6.45) is 4.07. The molecule has 1 fully saturated rings. The van der Waals surface area contributed by atoms with Crippen LogP contribution in [-0.2, 0) is 6.54 Å². The van der Waals surface area contributed by atoms with E-state index in [0.29, 0.717) is 6.04 Å². The van der Waals surface area contributed by atoms with Gasteiger partial charge in [-0.3, -0.25) is 4.90 Å². The molecule has 0 radical (unpaired) electrons. The van der Waals surface area contributed by atoms with Crippen LogP contribution >= 0.6 is 0 Å². The Hall–Kier alpha value is -1.06. The molecule has 1 aliphatic rings. The van der Waals surface area contributed by atoms with Gasteiger partial charge in [0.25, 0.3) is 0 Å². The molecule has 0 amide bonds. The summed E-state index contributed by atoms with van der Waals surface area (Å²) < 4.78 is 6.12. The van der Waals surface area contributed by atoms with Gasteiger partial charge in [-0.25, -0.2) is 0 Å². The lowest BCUT2D eigenvalue weighted by molar-refractivity contribution is 0.182. The number of para-hydroxylation sites is 1. The highest BCUT2D eigenvalue weighted by molar-refractivity contribution is 5.40. The molecule has 21 heavy (non-hydrogen) atoms. The maximum absolute atomic E-state index is 6.12. The van der Waals surface area contributed by atoms with E-state index in [1.807, 2.05) is 0 Å². The van der Waals surface area contributed by atoms with E-state index >= 15 is 0 Å². The molecule has 0 aromatic heterocycles. The lowest BCUT2D eigenvalue weighted by Gasteiger charge is -2.26. The molecule has 0 bridgehead atoms. The number of likely N-dealkylation sites (tertiary alicyclic amines) is 1. The molecule has 0 unspecified atom stereocenters. The Morgan fingerprint density at radius 3 is 2.67 bits per heavy atom. The molecule has 3 heteroatoms. The second-order valence-electron chi connectivity index (χ2n) is 6.35. The van der Waals surface area contributed by atoms with Crippen LogP contribution in [0, 0.1) is 6.92 Å². The summed E-state index contributed by atoms with van der Waals surface area (Å²) in [4.78, 5) is 2.52. The van der Waals surface area contributed by atoms with Crippen molar-refractivity contribution in [3.8, 4) is 5.75 Å². The minimum Gasteiger partial charge on any atom is -0.492 e. The third kappa shape index (κ3) is 5.33.